The smallest absolute Gasteiger partial charge is 0.101 e. The second-order valence-corrected chi connectivity index (χ2v) is 12.0. The predicted octanol–water partition coefficient (Wildman–Crippen LogP) is 11.0. The summed E-state index contributed by atoms with van der Waals surface area (Å²) in [7, 11) is 0. The molecule has 0 fully saturated rings. The van der Waals surface area contributed by atoms with Gasteiger partial charge in [-0.3, -0.25) is 0 Å². The van der Waals surface area contributed by atoms with Crippen molar-refractivity contribution >= 4 is 43.6 Å². The summed E-state index contributed by atoms with van der Waals surface area (Å²) in [6, 6.07) is 59.1. The Hall–Kier alpha value is -6.88. The summed E-state index contributed by atoms with van der Waals surface area (Å²) in [6.45, 7) is 0. The molecule has 0 amide bonds. The third kappa shape index (κ3) is 4.14. The number of rotatable bonds is 4. The quantitative estimate of drug-likeness (QED) is 0.199. The number of nitriles is 2. The molecule has 0 radical (unpaired) electrons. The number of hydrogen-bond donors (Lipinski definition) is 0. The molecule has 2 heterocycles. The largest absolute Gasteiger partial charge is 0.309 e. The normalized spacial score (nSPS) is 11.3. The molecule has 9 aromatic rings. The summed E-state index contributed by atoms with van der Waals surface area (Å²) in [6.07, 6.45) is 0. The second kappa shape index (κ2) is 10.9. The molecule has 0 aliphatic heterocycles. The van der Waals surface area contributed by atoms with Crippen molar-refractivity contribution in [2.24, 2.45) is 0 Å². The SMILES string of the molecule is N#Cc1ccc(-n2c3ccccc3c3cccc(-c4cccc(-c5ccc6c(c5)c5ccccc5n6-c5ccccc5C#N)c4)c32)cc1. The summed E-state index contributed by atoms with van der Waals surface area (Å²) in [5.41, 5.74) is 12.1. The summed E-state index contributed by atoms with van der Waals surface area (Å²) in [5, 5.41) is 24.0. The lowest BCUT2D eigenvalue weighted by Crippen LogP contribution is -1.97. The highest BCUT2D eigenvalue weighted by atomic mass is 15.0. The fraction of sp³-hybridized carbons (Fsp3) is 0. The molecule has 0 aliphatic rings. The number of fused-ring (bicyclic) bond motifs is 6. The highest BCUT2D eigenvalue weighted by Crippen LogP contribution is 2.40. The average molecular weight is 611 g/mol. The van der Waals surface area contributed by atoms with Gasteiger partial charge >= 0.3 is 0 Å². The van der Waals surface area contributed by atoms with E-state index in [4.69, 9.17) is 0 Å². The average Bonchev–Trinajstić information content (AvgIpc) is 3.67. The van der Waals surface area contributed by atoms with Crippen LogP contribution in [-0.4, -0.2) is 9.13 Å². The molecule has 4 heteroatoms. The first-order valence-electron chi connectivity index (χ1n) is 15.9. The van der Waals surface area contributed by atoms with Gasteiger partial charge in [-0.25, -0.2) is 0 Å². The lowest BCUT2D eigenvalue weighted by molar-refractivity contribution is 1.17. The molecule has 7 aromatic carbocycles. The molecule has 0 aliphatic carbocycles. The molecular formula is C44H26N4. The van der Waals surface area contributed by atoms with Crippen molar-refractivity contribution in [3.8, 4) is 45.8 Å². The van der Waals surface area contributed by atoms with Gasteiger partial charge in [0.15, 0.2) is 0 Å². The van der Waals surface area contributed by atoms with Crippen molar-refractivity contribution in [1.29, 1.82) is 10.5 Å². The van der Waals surface area contributed by atoms with Crippen molar-refractivity contribution in [3.63, 3.8) is 0 Å². The first-order chi connectivity index (χ1) is 23.7. The van der Waals surface area contributed by atoms with Gasteiger partial charge in [-0.15, -0.1) is 0 Å². The third-order valence-corrected chi connectivity index (χ3v) is 9.39. The van der Waals surface area contributed by atoms with Crippen LogP contribution in [0.3, 0.4) is 0 Å². The zero-order valence-corrected chi connectivity index (χ0v) is 25.8. The van der Waals surface area contributed by atoms with Crippen molar-refractivity contribution in [2.45, 2.75) is 0 Å². The molecule has 2 aromatic heterocycles. The van der Waals surface area contributed by atoms with E-state index in [1.165, 1.54) is 10.8 Å². The first-order valence-corrected chi connectivity index (χ1v) is 15.9. The van der Waals surface area contributed by atoms with Crippen LogP contribution in [0.4, 0.5) is 0 Å². The van der Waals surface area contributed by atoms with E-state index in [-0.39, 0.29) is 0 Å². The lowest BCUT2D eigenvalue weighted by Gasteiger charge is -2.13. The molecule has 0 saturated heterocycles. The van der Waals surface area contributed by atoms with E-state index in [2.05, 4.69) is 130 Å². The van der Waals surface area contributed by atoms with Gasteiger partial charge in [0.05, 0.1) is 45.0 Å². The maximum atomic E-state index is 9.91. The van der Waals surface area contributed by atoms with E-state index in [9.17, 15) is 10.5 Å². The molecule has 4 nitrogen and oxygen atoms in total. The Morgan fingerprint density at radius 1 is 0.417 bits per heavy atom. The van der Waals surface area contributed by atoms with Crippen molar-refractivity contribution in [2.75, 3.05) is 0 Å². The number of hydrogen-bond acceptors (Lipinski definition) is 2. The molecule has 9 rings (SSSR count). The van der Waals surface area contributed by atoms with Gasteiger partial charge < -0.3 is 9.13 Å². The van der Waals surface area contributed by atoms with Crippen LogP contribution in [0.2, 0.25) is 0 Å². The number of nitrogens with zero attached hydrogens (tertiary/aromatic N) is 4. The zero-order chi connectivity index (χ0) is 32.2. The minimum absolute atomic E-state index is 0.641. The molecule has 0 atom stereocenters. The van der Waals surface area contributed by atoms with E-state index in [0.717, 1.165) is 66.5 Å². The van der Waals surface area contributed by atoms with Gasteiger partial charge in [0.25, 0.3) is 0 Å². The molecular weight excluding hydrogens is 585 g/mol. The van der Waals surface area contributed by atoms with Crippen molar-refractivity contribution in [3.05, 3.63) is 169 Å². The minimum atomic E-state index is 0.641. The number of para-hydroxylation sites is 4. The highest BCUT2D eigenvalue weighted by molar-refractivity contribution is 6.14. The van der Waals surface area contributed by atoms with E-state index in [1.54, 1.807) is 0 Å². The van der Waals surface area contributed by atoms with Crippen LogP contribution in [0.15, 0.2) is 158 Å². The lowest BCUT2D eigenvalue weighted by atomic mass is 9.96. The van der Waals surface area contributed by atoms with E-state index in [1.807, 2.05) is 48.5 Å². The summed E-state index contributed by atoms with van der Waals surface area (Å²) in [4.78, 5) is 0. The van der Waals surface area contributed by atoms with Crippen LogP contribution in [0.25, 0.3) is 77.2 Å². The van der Waals surface area contributed by atoms with Crippen LogP contribution in [0.5, 0.6) is 0 Å². The monoisotopic (exact) mass is 610 g/mol. The first kappa shape index (κ1) is 27.4. The molecule has 0 spiro atoms. The van der Waals surface area contributed by atoms with Crippen molar-refractivity contribution in [1.82, 2.24) is 9.13 Å². The van der Waals surface area contributed by atoms with Gasteiger partial charge in [-0.2, -0.15) is 10.5 Å². The predicted molar refractivity (Wildman–Crippen MR) is 195 cm³/mol. The molecule has 0 N–H and O–H groups in total. The third-order valence-electron chi connectivity index (χ3n) is 9.39. The summed E-state index contributed by atoms with van der Waals surface area (Å²) >= 11 is 0. The topological polar surface area (TPSA) is 57.4 Å². The molecule has 0 bridgehead atoms. The van der Waals surface area contributed by atoms with Gasteiger partial charge in [0.2, 0.25) is 0 Å². The maximum absolute atomic E-state index is 9.91. The Morgan fingerprint density at radius 2 is 1.04 bits per heavy atom. The van der Waals surface area contributed by atoms with Gasteiger partial charge in [0, 0.05) is 32.8 Å². The maximum Gasteiger partial charge on any atom is 0.101 e. The molecule has 48 heavy (non-hydrogen) atoms. The van der Waals surface area contributed by atoms with Gasteiger partial charge in [0.1, 0.15) is 6.07 Å². The van der Waals surface area contributed by atoms with Crippen LogP contribution < -0.4 is 0 Å². The number of aromatic nitrogens is 2. The second-order valence-electron chi connectivity index (χ2n) is 12.0. The Labute approximate surface area is 277 Å². The Bertz CT molecular complexity index is 2800. The van der Waals surface area contributed by atoms with E-state index in [0.29, 0.717) is 11.1 Å². The van der Waals surface area contributed by atoms with Gasteiger partial charge in [-0.05, 0) is 83.4 Å². The molecule has 222 valence electrons. The minimum Gasteiger partial charge on any atom is -0.309 e. The van der Waals surface area contributed by atoms with Crippen LogP contribution in [0, 0.1) is 22.7 Å². The standard InChI is InChI=1S/C44H26N4/c45-27-29-19-22-34(23-20-29)47-41-17-5-2-12-36(41)38-15-8-14-35(44(38)47)32-11-7-10-30(25-32)31-21-24-43-39(26-31)37-13-3-6-18-42(37)48(43)40-16-4-1-9-33(40)28-46/h1-26H. The summed E-state index contributed by atoms with van der Waals surface area (Å²) < 4.78 is 4.51. The van der Waals surface area contributed by atoms with E-state index < -0.39 is 0 Å². The fourth-order valence-electron chi connectivity index (χ4n) is 7.25. The van der Waals surface area contributed by atoms with Crippen LogP contribution in [-0.2, 0) is 0 Å². The summed E-state index contributed by atoms with van der Waals surface area (Å²) in [5.74, 6) is 0. The van der Waals surface area contributed by atoms with Crippen LogP contribution in [0.1, 0.15) is 11.1 Å². The number of benzene rings is 7. The van der Waals surface area contributed by atoms with Crippen molar-refractivity contribution < 1.29 is 0 Å². The Morgan fingerprint density at radius 3 is 1.83 bits per heavy atom. The van der Waals surface area contributed by atoms with Gasteiger partial charge in [-0.1, -0.05) is 91.0 Å². The van der Waals surface area contributed by atoms with E-state index >= 15 is 0 Å². The molecule has 0 saturated carbocycles. The Kier molecular flexibility index (Phi) is 6.22. The van der Waals surface area contributed by atoms with Crippen LogP contribution >= 0.6 is 0 Å². The Balaban J connectivity index is 1.24. The molecule has 0 unspecified atom stereocenters. The highest BCUT2D eigenvalue weighted by Gasteiger charge is 2.18. The zero-order valence-electron chi connectivity index (χ0n) is 25.8. The fourth-order valence-corrected chi connectivity index (χ4v) is 7.25.